The quantitative estimate of drug-likeness (QED) is 0.716. The van der Waals surface area contributed by atoms with Gasteiger partial charge in [-0.25, -0.2) is 0 Å². The number of nitrogens with one attached hydrogen (secondary N) is 1. The Labute approximate surface area is 179 Å². The van der Waals surface area contributed by atoms with Gasteiger partial charge in [0.15, 0.2) is 11.5 Å². The Kier molecular flexibility index (Phi) is 7.14. The number of likely N-dealkylation sites (tertiary alicyclic amines) is 1. The molecular formula is C22H25BrN2O4. The zero-order chi connectivity index (χ0) is 20.8. The van der Waals surface area contributed by atoms with Gasteiger partial charge in [0.05, 0.1) is 20.6 Å². The van der Waals surface area contributed by atoms with Crippen LogP contribution in [0.2, 0.25) is 0 Å². The van der Waals surface area contributed by atoms with Crippen molar-refractivity contribution in [2.75, 3.05) is 27.3 Å². The molecule has 6 nitrogen and oxygen atoms in total. The lowest BCUT2D eigenvalue weighted by molar-refractivity contribution is -0.131. The van der Waals surface area contributed by atoms with Crippen LogP contribution in [0.5, 0.6) is 11.5 Å². The Hall–Kier alpha value is -2.54. The summed E-state index contributed by atoms with van der Waals surface area (Å²) < 4.78 is 11.5. The molecular weight excluding hydrogens is 436 g/mol. The highest BCUT2D eigenvalue weighted by Gasteiger charge is 2.24. The number of halogens is 1. The third-order valence-electron chi connectivity index (χ3n) is 5.10. The Morgan fingerprint density at radius 1 is 1.03 bits per heavy atom. The molecule has 0 bridgehead atoms. The summed E-state index contributed by atoms with van der Waals surface area (Å²) in [5.41, 5.74) is 1.53. The second kappa shape index (κ2) is 9.78. The lowest BCUT2D eigenvalue weighted by Crippen LogP contribution is -2.47. The molecule has 0 atom stereocenters. The lowest BCUT2D eigenvalue weighted by Gasteiger charge is -2.32. The van der Waals surface area contributed by atoms with Gasteiger partial charge in [0.2, 0.25) is 5.91 Å². The van der Waals surface area contributed by atoms with E-state index >= 15 is 0 Å². The summed E-state index contributed by atoms with van der Waals surface area (Å²) in [4.78, 5) is 27.0. The summed E-state index contributed by atoms with van der Waals surface area (Å²) in [6.07, 6.45) is 1.88. The predicted octanol–water partition coefficient (Wildman–Crippen LogP) is 3.43. The van der Waals surface area contributed by atoms with E-state index in [4.69, 9.17) is 9.47 Å². The molecule has 1 N–H and O–H groups in total. The van der Waals surface area contributed by atoms with E-state index in [0.717, 1.165) is 22.9 Å². The highest BCUT2D eigenvalue weighted by atomic mass is 79.9. The molecule has 2 aromatic rings. The number of carbonyl (C=O) groups is 2. The molecule has 0 unspecified atom stereocenters. The van der Waals surface area contributed by atoms with Crippen molar-refractivity contribution in [2.24, 2.45) is 0 Å². The van der Waals surface area contributed by atoms with Crippen molar-refractivity contribution in [3.8, 4) is 11.5 Å². The molecule has 1 heterocycles. The third-order valence-corrected chi connectivity index (χ3v) is 5.63. The number of nitrogens with zero attached hydrogens (tertiary/aromatic N) is 1. The van der Waals surface area contributed by atoms with E-state index in [9.17, 15) is 9.59 Å². The average molecular weight is 461 g/mol. The topological polar surface area (TPSA) is 67.9 Å². The van der Waals surface area contributed by atoms with Crippen LogP contribution in [-0.2, 0) is 11.2 Å². The number of ether oxygens (including phenoxy) is 2. The van der Waals surface area contributed by atoms with Crippen LogP contribution >= 0.6 is 15.9 Å². The van der Waals surface area contributed by atoms with Gasteiger partial charge in [0.25, 0.3) is 5.91 Å². The van der Waals surface area contributed by atoms with E-state index in [1.54, 1.807) is 32.4 Å². The maximum Gasteiger partial charge on any atom is 0.251 e. The van der Waals surface area contributed by atoms with Crippen LogP contribution in [-0.4, -0.2) is 50.1 Å². The fraction of sp³-hybridized carbons (Fsp3) is 0.364. The monoisotopic (exact) mass is 460 g/mol. The van der Waals surface area contributed by atoms with Crippen molar-refractivity contribution in [2.45, 2.75) is 25.3 Å². The number of rotatable bonds is 6. The fourth-order valence-corrected chi connectivity index (χ4v) is 3.67. The molecule has 3 rings (SSSR count). The maximum atomic E-state index is 12.6. The molecule has 1 saturated heterocycles. The van der Waals surface area contributed by atoms with E-state index in [2.05, 4.69) is 21.2 Å². The second-order valence-corrected chi connectivity index (χ2v) is 7.92. The van der Waals surface area contributed by atoms with Crippen LogP contribution in [0, 0.1) is 0 Å². The number of piperidine rings is 1. The molecule has 0 aliphatic carbocycles. The first kappa shape index (κ1) is 21.2. The summed E-state index contributed by atoms with van der Waals surface area (Å²) in [5, 5.41) is 3.06. The van der Waals surface area contributed by atoms with Crippen LogP contribution < -0.4 is 14.8 Å². The van der Waals surface area contributed by atoms with Crippen LogP contribution in [0.15, 0.2) is 46.9 Å². The van der Waals surface area contributed by atoms with Gasteiger partial charge in [0, 0.05) is 29.2 Å². The predicted molar refractivity (Wildman–Crippen MR) is 114 cm³/mol. The van der Waals surface area contributed by atoms with Gasteiger partial charge in [0.1, 0.15) is 0 Å². The van der Waals surface area contributed by atoms with Crippen molar-refractivity contribution in [3.63, 3.8) is 0 Å². The van der Waals surface area contributed by atoms with Gasteiger partial charge in [-0.3, -0.25) is 9.59 Å². The van der Waals surface area contributed by atoms with Crippen LogP contribution in [0.1, 0.15) is 28.8 Å². The van der Waals surface area contributed by atoms with Crippen molar-refractivity contribution in [3.05, 3.63) is 58.1 Å². The first-order valence-corrected chi connectivity index (χ1v) is 10.3. The first-order valence-electron chi connectivity index (χ1n) is 9.55. The van der Waals surface area contributed by atoms with E-state index in [1.807, 2.05) is 29.2 Å². The molecule has 2 amide bonds. The van der Waals surface area contributed by atoms with E-state index in [1.165, 1.54) is 0 Å². The minimum absolute atomic E-state index is 0.0485. The molecule has 29 heavy (non-hydrogen) atoms. The van der Waals surface area contributed by atoms with Crippen molar-refractivity contribution in [1.29, 1.82) is 0 Å². The van der Waals surface area contributed by atoms with Gasteiger partial charge in [-0.15, -0.1) is 0 Å². The van der Waals surface area contributed by atoms with Gasteiger partial charge in [-0.1, -0.05) is 28.1 Å². The second-order valence-electron chi connectivity index (χ2n) is 7.00. The molecule has 0 spiro atoms. The number of hydrogen-bond acceptors (Lipinski definition) is 4. The lowest BCUT2D eigenvalue weighted by atomic mass is 10.0. The number of methoxy groups -OCH3 is 2. The molecule has 154 valence electrons. The van der Waals surface area contributed by atoms with E-state index in [-0.39, 0.29) is 17.9 Å². The zero-order valence-corrected chi connectivity index (χ0v) is 18.2. The molecule has 1 fully saturated rings. The Balaban J connectivity index is 1.51. The number of amides is 2. The number of benzene rings is 2. The Bertz CT molecular complexity index is 862. The number of carbonyl (C=O) groups excluding carboxylic acids is 2. The molecule has 0 saturated carbocycles. The minimum Gasteiger partial charge on any atom is -0.493 e. The Morgan fingerprint density at radius 2 is 1.69 bits per heavy atom. The Morgan fingerprint density at radius 3 is 2.31 bits per heavy atom. The van der Waals surface area contributed by atoms with Gasteiger partial charge < -0.3 is 19.7 Å². The largest absolute Gasteiger partial charge is 0.493 e. The first-order chi connectivity index (χ1) is 14.0. The van der Waals surface area contributed by atoms with Crippen LogP contribution in [0.4, 0.5) is 0 Å². The smallest absolute Gasteiger partial charge is 0.251 e. The van der Waals surface area contributed by atoms with Crippen LogP contribution in [0.25, 0.3) is 0 Å². The van der Waals surface area contributed by atoms with Gasteiger partial charge >= 0.3 is 0 Å². The SMILES string of the molecule is COc1ccc(C(=O)NC2CCN(C(=O)Cc3ccc(Br)cc3)CC2)cc1OC. The van der Waals surface area contributed by atoms with Gasteiger partial charge in [-0.05, 0) is 48.7 Å². The van der Waals surface area contributed by atoms with Crippen molar-refractivity contribution < 1.29 is 19.1 Å². The molecule has 2 aromatic carbocycles. The standard InChI is InChI=1S/C22H25BrN2O4/c1-28-19-8-5-16(14-20(19)29-2)22(27)24-18-9-11-25(12-10-18)21(26)13-15-3-6-17(23)7-4-15/h3-8,14,18H,9-13H2,1-2H3,(H,24,27). The summed E-state index contributed by atoms with van der Waals surface area (Å²) in [5.74, 6) is 1.08. The summed E-state index contributed by atoms with van der Waals surface area (Å²) in [7, 11) is 3.10. The average Bonchev–Trinajstić information content (AvgIpc) is 2.75. The molecule has 0 radical (unpaired) electrons. The molecule has 1 aliphatic rings. The van der Waals surface area contributed by atoms with Gasteiger partial charge in [-0.2, -0.15) is 0 Å². The fourth-order valence-electron chi connectivity index (χ4n) is 3.41. The van der Waals surface area contributed by atoms with E-state index < -0.39 is 0 Å². The molecule has 7 heteroatoms. The van der Waals surface area contributed by atoms with Crippen molar-refractivity contribution in [1.82, 2.24) is 10.2 Å². The highest BCUT2D eigenvalue weighted by molar-refractivity contribution is 9.10. The molecule has 1 aliphatic heterocycles. The zero-order valence-electron chi connectivity index (χ0n) is 16.6. The number of hydrogen-bond donors (Lipinski definition) is 1. The summed E-state index contributed by atoms with van der Waals surface area (Å²) in [6.45, 7) is 1.29. The molecule has 0 aromatic heterocycles. The van der Waals surface area contributed by atoms with Crippen molar-refractivity contribution >= 4 is 27.7 Å². The minimum atomic E-state index is -0.148. The van der Waals surface area contributed by atoms with Crippen LogP contribution in [0.3, 0.4) is 0 Å². The highest BCUT2D eigenvalue weighted by Crippen LogP contribution is 2.27. The third kappa shape index (κ3) is 5.50. The van der Waals surface area contributed by atoms with E-state index in [0.29, 0.717) is 36.6 Å². The maximum absolute atomic E-state index is 12.6. The summed E-state index contributed by atoms with van der Waals surface area (Å²) in [6, 6.07) is 13.0. The summed E-state index contributed by atoms with van der Waals surface area (Å²) >= 11 is 3.40. The normalized spacial score (nSPS) is 14.4.